The maximum Gasteiger partial charge on any atom is 0.222 e. The van der Waals surface area contributed by atoms with E-state index in [0.717, 1.165) is 25.7 Å². The van der Waals surface area contributed by atoms with Gasteiger partial charge in [0, 0.05) is 25.4 Å². The predicted molar refractivity (Wildman–Crippen MR) is 85.4 cm³/mol. The van der Waals surface area contributed by atoms with E-state index in [1.165, 1.54) is 32.1 Å². The zero-order chi connectivity index (χ0) is 15.5. The van der Waals surface area contributed by atoms with Gasteiger partial charge < -0.3 is 15.8 Å². The fourth-order valence-electron chi connectivity index (χ4n) is 2.56. The van der Waals surface area contributed by atoms with Crippen LogP contribution in [0.2, 0.25) is 0 Å². The first-order chi connectivity index (χ1) is 10.2. The van der Waals surface area contributed by atoms with Crippen molar-refractivity contribution in [2.45, 2.75) is 83.6 Å². The Balaban J connectivity index is 2.15. The van der Waals surface area contributed by atoms with Gasteiger partial charge in [0.25, 0.3) is 0 Å². The van der Waals surface area contributed by atoms with E-state index in [0.29, 0.717) is 25.4 Å². The molecule has 0 saturated heterocycles. The molecular formula is C16H31N3O2. The van der Waals surface area contributed by atoms with Crippen LogP contribution in [0, 0.1) is 0 Å². The molecular weight excluding hydrogens is 266 g/mol. The summed E-state index contributed by atoms with van der Waals surface area (Å²) >= 11 is 0. The summed E-state index contributed by atoms with van der Waals surface area (Å²) in [7, 11) is 0. The van der Waals surface area contributed by atoms with Crippen LogP contribution in [-0.4, -0.2) is 34.4 Å². The molecule has 0 aliphatic heterocycles. The third kappa shape index (κ3) is 7.93. The number of amidine groups is 1. The smallest absolute Gasteiger partial charge is 0.222 e. The number of unbranched alkanes of at least 4 members (excludes halogenated alkanes) is 6. The highest BCUT2D eigenvalue weighted by Crippen LogP contribution is 2.28. The van der Waals surface area contributed by atoms with Crippen molar-refractivity contribution in [2.24, 2.45) is 10.9 Å². The maximum atomic E-state index is 12.2. The van der Waals surface area contributed by atoms with Crippen LogP contribution < -0.4 is 5.73 Å². The molecule has 5 heteroatoms. The highest BCUT2D eigenvalue weighted by molar-refractivity contribution is 5.81. The van der Waals surface area contributed by atoms with Crippen LogP contribution in [0.1, 0.15) is 77.6 Å². The van der Waals surface area contributed by atoms with E-state index >= 15 is 0 Å². The summed E-state index contributed by atoms with van der Waals surface area (Å²) in [5, 5.41) is 11.5. The number of oxime groups is 1. The van der Waals surface area contributed by atoms with Crippen molar-refractivity contribution in [3.63, 3.8) is 0 Å². The zero-order valence-electron chi connectivity index (χ0n) is 13.4. The van der Waals surface area contributed by atoms with Gasteiger partial charge in [0.15, 0.2) is 0 Å². The molecule has 0 aromatic rings. The minimum atomic E-state index is 0.198. The molecule has 122 valence electrons. The second-order valence-corrected chi connectivity index (χ2v) is 6.03. The Labute approximate surface area is 128 Å². The topological polar surface area (TPSA) is 78.9 Å². The quantitative estimate of drug-likeness (QED) is 0.191. The molecule has 0 unspecified atom stereocenters. The number of carbonyl (C=O) groups excluding carboxylic acids is 1. The number of hydrogen-bond acceptors (Lipinski definition) is 3. The molecule has 1 rings (SSSR count). The SMILES string of the molecule is CCCCCCCCCC(=O)N(CCC(N)=NO)C1CC1. The Hall–Kier alpha value is -1.26. The molecule has 21 heavy (non-hydrogen) atoms. The highest BCUT2D eigenvalue weighted by Gasteiger charge is 2.31. The molecule has 0 radical (unpaired) electrons. The molecule has 1 fully saturated rings. The number of carbonyl (C=O) groups is 1. The van der Waals surface area contributed by atoms with Gasteiger partial charge in [0.05, 0.1) is 0 Å². The van der Waals surface area contributed by atoms with E-state index in [1.54, 1.807) is 0 Å². The van der Waals surface area contributed by atoms with Crippen molar-refractivity contribution in [2.75, 3.05) is 6.54 Å². The van der Waals surface area contributed by atoms with Gasteiger partial charge in [0.1, 0.15) is 5.84 Å². The first-order valence-electron chi connectivity index (χ1n) is 8.45. The molecule has 0 aromatic heterocycles. The first-order valence-corrected chi connectivity index (χ1v) is 8.45. The molecule has 0 atom stereocenters. The number of nitrogens with two attached hydrogens (primary N) is 1. The third-order valence-corrected chi connectivity index (χ3v) is 4.04. The molecule has 1 amide bonds. The molecule has 0 bridgehead atoms. The van der Waals surface area contributed by atoms with Gasteiger partial charge in [-0.15, -0.1) is 0 Å². The Morgan fingerprint density at radius 2 is 1.76 bits per heavy atom. The van der Waals surface area contributed by atoms with Crippen molar-refractivity contribution in [1.82, 2.24) is 4.90 Å². The second kappa shape index (κ2) is 10.5. The lowest BCUT2D eigenvalue weighted by Gasteiger charge is -2.22. The van der Waals surface area contributed by atoms with Crippen LogP contribution in [0.15, 0.2) is 5.16 Å². The molecule has 0 heterocycles. The van der Waals surface area contributed by atoms with Crippen molar-refractivity contribution < 1.29 is 10.0 Å². The van der Waals surface area contributed by atoms with E-state index in [-0.39, 0.29) is 11.7 Å². The minimum Gasteiger partial charge on any atom is -0.409 e. The molecule has 1 saturated carbocycles. The van der Waals surface area contributed by atoms with E-state index < -0.39 is 0 Å². The van der Waals surface area contributed by atoms with Crippen LogP contribution in [0.25, 0.3) is 0 Å². The summed E-state index contributed by atoms with van der Waals surface area (Å²) in [5.41, 5.74) is 5.48. The monoisotopic (exact) mass is 297 g/mol. The number of hydrogen-bond donors (Lipinski definition) is 2. The van der Waals surface area contributed by atoms with Gasteiger partial charge in [-0.3, -0.25) is 4.79 Å². The van der Waals surface area contributed by atoms with Gasteiger partial charge in [0.2, 0.25) is 5.91 Å². The van der Waals surface area contributed by atoms with E-state index in [4.69, 9.17) is 10.9 Å². The fraction of sp³-hybridized carbons (Fsp3) is 0.875. The minimum absolute atomic E-state index is 0.198. The molecule has 1 aliphatic carbocycles. The lowest BCUT2D eigenvalue weighted by atomic mass is 10.1. The summed E-state index contributed by atoms with van der Waals surface area (Å²) in [4.78, 5) is 14.2. The summed E-state index contributed by atoms with van der Waals surface area (Å²) in [6, 6.07) is 0.397. The number of nitrogens with zero attached hydrogens (tertiary/aromatic N) is 2. The van der Waals surface area contributed by atoms with Crippen molar-refractivity contribution in [3.8, 4) is 0 Å². The Bertz CT molecular complexity index is 327. The van der Waals surface area contributed by atoms with Gasteiger partial charge in [-0.25, -0.2) is 0 Å². The molecule has 1 aliphatic rings. The highest BCUT2D eigenvalue weighted by atomic mass is 16.4. The van der Waals surface area contributed by atoms with E-state index in [9.17, 15) is 4.79 Å². The van der Waals surface area contributed by atoms with Crippen molar-refractivity contribution in [3.05, 3.63) is 0 Å². The standard InChI is InChI=1S/C16H31N3O2/c1-2-3-4-5-6-7-8-9-16(20)19(14-10-11-14)13-12-15(17)18-21/h14,21H,2-13H2,1H3,(H2,17,18). The van der Waals surface area contributed by atoms with Crippen LogP contribution in [0.5, 0.6) is 0 Å². The second-order valence-electron chi connectivity index (χ2n) is 6.03. The van der Waals surface area contributed by atoms with Crippen LogP contribution in [0.3, 0.4) is 0 Å². The van der Waals surface area contributed by atoms with Crippen molar-refractivity contribution in [1.29, 1.82) is 0 Å². The van der Waals surface area contributed by atoms with Gasteiger partial charge in [-0.2, -0.15) is 0 Å². The summed E-state index contributed by atoms with van der Waals surface area (Å²) in [6.07, 6.45) is 11.9. The van der Waals surface area contributed by atoms with Gasteiger partial charge in [-0.05, 0) is 19.3 Å². The third-order valence-electron chi connectivity index (χ3n) is 4.04. The van der Waals surface area contributed by atoms with Crippen LogP contribution >= 0.6 is 0 Å². The van der Waals surface area contributed by atoms with Crippen molar-refractivity contribution >= 4 is 11.7 Å². The van der Waals surface area contributed by atoms with Crippen LogP contribution in [0.4, 0.5) is 0 Å². The molecule has 0 aromatic carbocycles. The number of amides is 1. The summed E-state index contributed by atoms with van der Waals surface area (Å²) in [6.45, 7) is 2.80. The predicted octanol–water partition coefficient (Wildman–Crippen LogP) is 3.25. The average Bonchev–Trinajstić information content (AvgIpc) is 3.31. The molecule has 5 nitrogen and oxygen atoms in total. The van der Waals surface area contributed by atoms with E-state index in [1.807, 2.05) is 4.90 Å². The summed E-state index contributed by atoms with van der Waals surface area (Å²) in [5.74, 6) is 0.432. The lowest BCUT2D eigenvalue weighted by molar-refractivity contribution is -0.131. The first kappa shape index (κ1) is 17.8. The molecule has 0 spiro atoms. The van der Waals surface area contributed by atoms with Gasteiger partial charge >= 0.3 is 0 Å². The molecule has 3 N–H and O–H groups in total. The number of rotatable bonds is 12. The Morgan fingerprint density at radius 1 is 1.14 bits per heavy atom. The maximum absolute atomic E-state index is 12.2. The summed E-state index contributed by atoms with van der Waals surface area (Å²) < 4.78 is 0. The Morgan fingerprint density at radius 3 is 2.33 bits per heavy atom. The zero-order valence-corrected chi connectivity index (χ0v) is 13.4. The van der Waals surface area contributed by atoms with Crippen LogP contribution in [-0.2, 0) is 4.79 Å². The average molecular weight is 297 g/mol. The largest absolute Gasteiger partial charge is 0.409 e. The normalized spacial score (nSPS) is 15.2. The fourth-order valence-corrected chi connectivity index (χ4v) is 2.56. The lowest BCUT2D eigenvalue weighted by Crippen LogP contribution is -2.35. The van der Waals surface area contributed by atoms with E-state index in [2.05, 4.69) is 12.1 Å². The Kier molecular flexibility index (Phi) is 8.87. The van der Waals surface area contributed by atoms with Gasteiger partial charge in [-0.1, -0.05) is 50.6 Å².